The lowest BCUT2D eigenvalue weighted by Gasteiger charge is -2.36. The maximum absolute atomic E-state index is 14.2. The SMILES string of the molecule is COC(=O)NC(C(=O)N1[C@H](c2ncc(-c3ccc4cc(-c5ccc(-c6cnc([C@@H]7CCN(C)N7C(=O)C(NC(=O)O)C7CCOCC7)[nH]6)cc5)ccc4c3)[nH]2)CCN1C)C1CCOCC1. The van der Waals surface area contributed by atoms with Gasteiger partial charge in [0.25, 0.3) is 11.8 Å². The van der Waals surface area contributed by atoms with E-state index in [0.29, 0.717) is 89.7 Å². The van der Waals surface area contributed by atoms with Gasteiger partial charge in [0.2, 0.25) is 0 Å². The van der Waals surface area contributed by atoms with E-state index < -0.39 is 24.3 Å². The van der Waals surface area contributed by atoms with Crippen LogP contribution in [0.3, 0.4) is 0 Å². The molecular weight excluding hydrogens is 833 g/mol. The molecule has 3 aromatic carbocycles. The number of alkyl carbamates (subject to hydrolysis) is 1. The molecule has 9 rings (SSSR count). The first kappa shape index (κ1) is 43.9. The summed E-state index contributed by atoms with van der Waals surface area (Å²) in [6, 6.07) is 18.6. The van der Waals surface area contributed by atoms with E-state index in [4.69, 9.17) is 24.2 Å². The van der Waals surface area contributed by atoms with Gasteiger partial charge in [0.05, 0.1) is 30.9 Å². The first-order valence-corrected chi connectivity index (χ1v) is 22.4. The number of imidazole rings is 2. The van der Waals surface area contributed by atoms with Crippen molar-refractivity contribution in [1.29, 1.82) is 0 Å². The number of H-pyrrole nitrogens is 2. The number of carbonyl (C=O) groups is 4. The Hall–Kier alpha value is -6.34. The number of methoxy groups -OCH3 is 1. The summed E-state index contributed by atoms with van der Waals surface area (Å²) in [4.78, 5) is 68.7. The van der Waals surface area contributed by atoms with Crippen molar-refractivity contribution in [2.45, 2.75) is 62.7 Å². The summed E-state index contributed by atoms with van der Waals surface area (Å²) in [5.74, 6) is 0.630. The fraction of sp³-hybridized carbons (Fsp3) is 0.447. The molecule has 4 aliphatic heterocycles. The Morgan fingerprint density at radius 1 is 0.646 bits per heavy atom. The lowest BCUT2D eigenvalue weighted by molar-refractivity contribution is -0.151. The van der Waals surface area contributed by atoms with Crippen LogP contribution < -0.4 is 10.6 Å². The van der Waals surface area contributed by atoms with Crippen molar-refractivity contribution in [3.8, 4) is 33.6 Å². The van der Waals surface area contributed by atoms with Crippen molar-refractivity contribution < 1.29 is 38.5 Å². The zero-order chi connectivity index (χ0) is 45.2. The van der Waals surface area contributed by atoms with Crippen molar-refractivity contribution in [2.24, 2.45) is 11.8 Å². The second-order valence-corrected chi connectivity index (χ2v) is 17.4. The molecule has 18 nitrogen and oxygen atoms in total. The molecule has 5 N–H and O–H groups in total. The van der Waals surface area contributed by atoms with Crippen LogP contribution in [0.1, 0.15) is 62.3 Å². The zero-order valence-corrected chi connectivity index (χ0v) is 36.9. The molecule has 65 heavy (non-hydrogen) atoms. The topological polar surface area (TPSA) is 211 Å². The first-order valence-electron chi connectivity index (χ1n) is 22.4. The second-order valence-electron chi connectivity index (χ2n) is 17.4. The van der Waals surface area contributed by atoms with Crippen molar-refractivity contribution in [3.63, 3.8) is 0 Å². The highest BCUT2D eigenvalue weighted by atomic mass is 16.5. The minimum absolute atomic E-state index is 0.0720. The maximum Gasteiger partial charge on any atom is 0.407 e. The van der Waals surface area contributed by atoms with Gasteiger partial charge >= 0.3 is 12.2 Å². The van der Waals surface area contributed by atoms with Gasteiger partial charge in [0.15, 0.2) is 0 Å². The molecule has 4 saturated heterocycles. The molecule has 4 atom stereocenters. The number of hydrogen-bond acceptors (Lipinski definition) is 11. The summed E-state index contributed by atoms with van der Waals surface area (Å²) in [5, 5.41) is 24.2. The van der Waals surface area contributed by atoms with Gasteiger partial charge in [-0.2, -0.15) is 0 Å². The molecule has 0 bridgehead atoms. The summed E-state index contributed by atoms with van der Waals surface area (Å²) >= 11 is 0. The highest BCUT2D eigenvalue weighted by Crippen LogP contribution is 2.37. The smallest absolute Gasteiger partial charge is 0.407 e. The number of nitrogens with zero attached hydrogens (tertiary/aromatic N) is 6. The van der Waals surface area contributed by atoms with E-state index >= 15 is 0 Å². The molecule has 0 spiro atoms. The van der Waals surface area contributed by atoms with Gasteiger partial charge in [-0.25, -0.2) is 29.6 Å². The molecule has 18 heteroatoms. The zero-order valence-electron chi connectivity index (χ0n) is 36.9. The molecule has 4 fully saturated rings. The van der Waals surface area contributed by atoms with E-state index in [-0.39, 0.29) is 35.7 Å². The number of fused-ring (bicyclic) bond motifs is 1. The van der Waals surface area contributed by atoms with E-state index in [9.17, 15) is 24.3 Å². The monoisotopic (exact) mass is 888 g/mol. The predicted octanol–water partition coefficient (Wildman–Crippen LogP) is 5.74. The first-order chi connectivity index (χ1) is 31.6. The van der Waals surface area contributed by atoms with Crippen LogP contribution in [0.25, 0.3) is 44.4 Å². The van der Waals surface area contributed by atoms with Crippen LogP contribution in [0.15, 0.2) is 73.1 Å². The highest BCUT2D eigenvalue weighted by molar-refractivity contribution is 5.91. The molecule has 0 aliphatic carbocycles. The van der Waals surface area contributed by atoms with Gasteiger partial charge < -0.3 is 39.9 Å². The number of nitrogens with one attached hydrogen (secondary N) is 4. The Morgan fingerprint density at radius 3 is 1.60 bits per heavy atom. The molecule has 2 unspecified atom stereocenters. The third-order valence-electron chi connectivity index (χ3n) is 13.5. The van der Waals surface area contributed by atoms with Gasteiger partial charge in [-0.05, 0) is 90.0 Å². The quantitative estimate of drug-likeness (QED) is 0.108. The molecule has 0 radical (unpaired) electrons. The molecule has 0 saturated carbocycles. The summed E-state index contributed by atoms with van der Waals surface area (Å²) in [6.45, 7) is 3.36. The Labute approximate surface area is 376 Å². The standard InChI is InChI=1S/C47H56N10O8/c1-54-18-12-38(56(54)44(58)40(52-46(60)61)30-14-20-64-21-15-30)42-48-26-36(50-42)29-6-4-28(5-7-29)32-8-9-34-25-35(11-10-33(34)24-32)37-27-49-43(51-37)39-13-19-55(2)57(39)45(59)41(53-47(62)63-3)31-16-22-65-23-17-31/h4-11,24-27,30-31,38-41,52H,12-23H2,1-3H3,(H,48,50)(H,49,51)(H,53,62)(H,60,61)/t38-,39-,40?,41?/m0/s1. The van der Waals surface area contributed by atoms with E-state index in [1.165, 1.54) is 7.11 Å². The van der Waals surface area contributed by atoms with E-state index in [1.807, 2.05) is 30.3 Å². The minimum Gasteiger partial charge on any atom is -0.465 e. The number of benzene rings is 3. The van der Waals surface area contributed by atoms with Crippen LogP contribution in [0.5, 0.6) is 0 Å². The number of aromatic nitrogens is 4. The van der Waals surface area contributed by atoms with Crippen LogP contribution in [-0.2, 0) is 23.8 Å². The number of carboxylic acid groups (broad SMARTS) is 1. The lowest BCUT2D eigenvalue weighted by atomic mass is 9.90. The molecule has 4 aliphatic rings. The van der Waals surface area contributed by atoms with Gasteiger partial charge in [0.1, 0.15) is 35.8 Å². The fourth-order valence-corrected chi connectivity index (χ4v) is 9.91. The summed E-state index contributed by atoms with van der Waals surface area (Å²) in [6.07, 6.45) is 5.62. The number of ether oxygens (including phenoxy) is 3. The van der Waals surface area contributed by atoms with Crippen LogP contribution in [0.4, 0.5) is 9.59 Å². The molecule has 4 amide bonds. The summed E-state index contributed by atoms with van der Waals surface area (Å²) in [5.41, 5.74) is 5.70. The average Bonchev–Trinajstić information content (AvgIpc) is 4.17. The van der Waals surface area contributed by atoms with E-state index in [1.54, 1.807) is 16.2 Å². The summed E-state index contributed by atoms with van der Waals surface area (Å²) in [7, 11) is 5.03. The van der Waals surface area contributed by atoms with Crippen molar-refractivity contribution >= 4 is 34.8 Å². The van der Waals surface area contributed by atoms with Crippen molar-refractivity contribution in [1.82, 2.24) is 50.6 Å². The highest BCUT2D eigenvalue weighted by Gasteiger charge is 2.44. The summed E-state index contributed by atoms with van der Waals surface area (Å²) < 4.78 is 15.9. The van der Waals surface area contributed by atoms with Crippen LogP contribution in [0, 0.1) is 11.8 Å². The third kappa shape index (κ3) is 9.16. The molecule has 6 heterocycles. The molecule has 2 aromatic heterocycles. The van der Waals surface area contributed by atoms with Crippen LogP contribution in [0.2, 0.25) is 0 Å². The number of rotatable bonds is 11. The Kier molecular flexibility index (Phi) is 12.8. The Bertz CT molecular complexity index is 2510. The van der Waals surface area contributed by atoms with E-state index in [2.05, 4.69) is 81.3 Å². The number of amides is 4. The average molecular weight is 889 g/mol. The Balaban J connectivity index is 0.877. The fourth-order valence-electron chi connectivity index (χ4n) is 9.91. The Morgan fingerprint density at radius 2 is 1.09 bits per heavy atom. The number of hydrazine groups is 2. The number of hydrogen-bond donors (Lipinski definition) is 5. The van der Waals surface area contributed by atoms with Crippen LogP contribution >= 0.6 is 0 Å². The van der Waals surface area contributed by atoms with Gasteiger partial charge in [0, 0.05) is 59.2 Å². The van der Waals surface area contributed by atoms with Gasteiger partial charge in [-0.15, -0.1) is 0 Å². The van der Waals surface area contributed by atoms with Crippen LogP contribution in [-0.4, -0.2) is 142 Å². The predicted molar refractivity (Wildman–Crippen MR) is 240 cm³/mol. The largest absolute Gasteiger partial charge is 0.465 e. The normalized spacial score (nSPS) is 21.1. The number of aromatic amines is 2. The van der Waals surface area contributed by atoms with Crippen molar-refractivity contribution in [2.75, 3.05) is 60.7 Å². The van der Waals surface area contributed by atoms with Gasteiger partial charge in [-0.3, -0.25) is 19.6 Å². The molecule has 5 aromatic rings. The number of carbonyl (C=O) groups excluding carboxylic acids is 3. The minimum atomic E-state index is -1.22. The third-order valence-corrected chi connectivity index (χ3v) is 13.5. The lowest BCUT2D eigenvalue weighted by Crippen LogP contribution is -2.55. The van der Waals surface area contributed by atoms with Gasteiger partial charge in [-0.1, -0.05) is 48.5 Å². The molecule has 342 valence electrons. The maximum atomic E-state index is 14.2. The van der Waals surface area contributed by atoms with E-state index in [0.717, 1.165) is 44.4 Å². The molecular formula is C47H56N10O8. The second kappa shape index (κ2) is 19.0. The van der Waals surface area contributed by atoms with Crippen molar-refractivity contribution in [3.05, 3.63) is 84.7 Å².